The van der Waals surface area contributed by atoms with E-state index in [9.17, 15) is 13.2 Å². The monoisotopic (exact) mass is 497 g/mol. The van der Waals surface area contributed by atoms with Crippen molar-refractivity contribution in [3.8, 4) is 28.6 Å². The number of pyridine rings is 1. The van der Waals surface area contributed by atoms with Crippen LogP contribution in [0.5, 0.6) is 17.4 Å². The molecule has 1 saturated heterocycles. The Kier molecular flexibility index (Phi) is 6.23. The van der Waals surface area contributed by atoms with Gasteiger partial charge in [0.1, 0.15) is 30.5 Å². The van der Waals surface area contributed by atoms with E-state index in [0.717, 1.165) is 23.0 Å². The second-order valence-corrected chi connectivity index (χ2v) is 8.67. The van der Waals surface area contributed by atoms with E-state index in [-0.39, 0.29) is 24.8 Å². The van der Waals surface area contributed by atoms with Crippen molar-refractivity contribution in [2.45, 2.75) is 31.9 Å². The molecular formula is C26H22F3N3O4. The molecule has 4 aromatic rings. The standard InChI is InChI=1S/C26H22F3N3O4/c1-25(2)34-14-19(36-25)13-33-23-10-17(26(27,28)29)6-8-20(23)22-12-24(32-15-31-22)35-18-7-5-16-4-3-9-30-21(16)11-18/h3-12,15,19H,13-14H2,1-2H3. The van der Waals surface area contributed by atoms with Crippen molar-refractivity contribution in [1.82, 2.24) is 15.0 Å². The summed E-state index contributed by atoms with van der Waals surface area (Å²) in [5.74, 6) is -0.0363. The number of halogens is 3. The van der Waals surface area contributed by atoms with Gasteiger partial charge in [0.25, 0.3) is 0 Å². The molecule has 3 heterocycles. The lowest BCUT2D eigenvalue weighted by atomic mass is 10.1. The van der Waals surface area contributed by atoms with E-state index in [4.69, 9.17) is 18.9 Å². The Bertz CT molecular complexity index is 1390. The number of alkyl halides is 3. The zero-order valence-electron chi connectivity index (χ0n) is 19.5. The van der Waals surface area contributed by atoms with Crippen LogP contribution in [0.3, 0.4) is 0 Å². The molecule has 1 unspecified atom stereocenters. The highest BCUT2D eigenvalue weighted by Crippen LogP contribution is 2.38. The maximum absolute atomic E-state index is 13.4. The molecule has 0 spiro atoms. The van der Waals surface area contributed by atoms with Crippen LogP contribution >= 0.6 is 0 Å². The average molecular weight is 497 g/mol. The maximum atomic E-state index is 13.4. The highest BCUT2D eigenvalue weighted by atomic mass is 19.4. The molecule has 0 aliphatic carbocycles. The summed E-state index contributed by atoms with van der Waals surface area (Å²) < 4.78 is 63.1. The Balaban J connectivity index is 1.42. The van der Waals surface area contributed by atoms with Crippen LogP contribution in [-0.4, -0.2) is 40.1 Å². The Hall–Kier alpha value is -3.76. The van der Waals surface area contributed by atoms with Crippen LogP contribution in [0.25, 0.3) is 22.2 Å². The predicted octanol–water partition coefficient (Wildman–Crippen LogP) is 6.03. The van der Waals surface area contributed by atoms with Crippen LogP contribution in [0.2, 0.25) is 0 Å². The van der Waals surface area contributed by atoms with Crippen molar-refractivity contribution in [3.05, 3.63) is 72.7 Å². The number of hydrogen-bond acceptors (Lipinski definition) is 7. The van der Waals surface area contributed by atoms with Crippen LogP contribution in [0.4, 0.5) is 13.2 Å². The lowest BCUT2D eigenvalue weighted by molar-refractivity contribution is -0.141. The van der Waals surface area contributed by atoms with E-state index in [2.05, 4.69) is 15.0 Å². The van der Waals surface area contributed by atoms with Gasteiger partial charge < -0.3 is 18.9 Å². The molecule has 0 saturated carbocycles. The van der Waals surface area contributed by atoms with Crippen molar-refractivity contribution in [1.29, 1.82) is 0 Å². The number of rotatable bonds is 6. The van der Waals surface area contributed by atoms with E-state index in [1.807, 2.05) is 18.2 Å². The van der Waals surface area contributed by atoms with Crippen molar-refractivity contribution in [3.63, 3.8) is 0 Å². The molecule has 7 nitrogen and oxygen atoms in total. The van der Waals surface area contributed by atoms with Gasteiger partial charge in [-0.15, -0.1) is 0 Å². The molecule has 10 heteroatoms. The predicted molar refractivity (Wildman–Crippen MR) is 125 cm³/mol. The van der Waals surface area contributed by atoms with Gasteiger partial charge in [-0.3, -0.25) is 4.98 Å². The van der Waals surface area contributed by atoms with Crippen LogP contribution < -0.4 is 9.47 Å². The number of fused-ring (bicyclic) bond motifs is 1. The molecule has 1 aliphatic rings. The summed E-state index contributed by atoms with van der Waals surface area (Å²) in [7, 11) is 0. The topological polar surface area (TPSA) is 75.6 Å². The lowest BCUT2D eigenvalue weighted by Gasteiger charge is -2.19. The normalized spacial score (nSPS) is 17.3. The molecule has 2 aromatic carbocycles. The minimum absolute atomic E-state index is 0.0102. The van der Waals surface area contributed by atoms with Gasteiger partial charge in [-0.25, -0.2) is 9.97 Å². The molecule has 1 aliphatic heterocycles. The lowest BCUT2D eigenvalue weighted by Crippen LogP contribution is -2.25. The Morgan fingerprint density at radius 2 is 1.89 bits per heavy atom. The van der Waals surface area contributed by atoms with Gasteiger partial charge in [-0.1, -0.05) is 6.07 Å². The van der Waals surface area contributed by atoms with Crippen molar-refractivity contribution in [2.24, 2.45) is 0 Å². The first-order chi connectivity index (χ1) is 17.2. The number of nitrogens with zero attached hydrogens (tertiary/aromatic N) is 3. The quantitative estimate of drug-likeness (QED) is 0.322. The van der Waals surface area contributed by atoms with Crippen LogP contribution in [0.15, 0.2) is 67.1 Å². The van der Waals surface area contributed by atoms with Crippen molar-refractivity contribution >= 4 is 10.9 Å². The van der Waals surface area contributed by atoms with E-state index in [0.29, 0.717) is 17.0 Å². The summed E-state index contributed by atoms with van der Waals surface area (Å²) in [5, 5.41) is 0.958. The molecule has 2 aromatic heterocycles. The fourth-order valence-corrected chi connectivity index (χ4v) is 3.83. The largest absolute Gasteiger partial charge is 0.490 e. The fourth-order valence-electron chi connectivity index (χ4n) is 3.83. The third-order valence-electron chi connectivity index (χ3n) is 5.52. The second kappa shape index (κ2) is 9.36. The summed E-state index contributed by atoms with van der Waals surface area (Å²) in [6.07, 6.45) is -1.99. The van der Waals surface area contributed by atoms with Gasteiger partial charge in [0.2, 0.25) is 5.88 Å². The van der Waals surface area contributed by atoms with Crippen LogP contribution in [-0.2, 0) is 15.7 Å². The summed E-state index contributed by atoms with van der Waals surface area (Å²) in [6, 6.07) is 14.0. The smallest absolute Gasteiger partial charge is 0.416 e. The molecule has 1 fully saturated rings. The minimum atomic E-state index is -4.53. The number of benzene rings is 2. The molecule has 0 N–H and O–H groups in total. The summed E-state index contributed by atoms with van der Waals surface area (Å²) in [6.45, 7) is 3.80. The van der Waals surface area contributed by atoms with Crippen molar-refractivity contribution < 1.29 is 32.1 Å². The SMILES string of the molecule is CC1(C)OCC(COc2cc(C(F)(F)F)ccc2-c2cc(Oc3ccc4cccnc4c3)ncn2)O1. The number of ether oxygens (including phenoxy) is 4. The van der Waals surface area contributed by atoms with Crippen LogP contribution in [0, 0.1) is 0 Å². The molecule has 1 atom stereocenters. The van der Waals surface area contributed by atoms with Gasteiger partial charge in [0, 0.05) is 29.3 Å². The van der Waals surface area contributed by atoms with Gasteiger partial charge in [0.05, 0.1) is 23.4 Å². The Morgan fingerprint density at radius 1 is 1.03 bits per heavy atom. The second-order valence-electron chi connectivity index (χ2n) is 8.67. The highest BCUT2D eigenvalue weighted by molar-refractivity contribution is 5.79. The zero-order chi connectivity index (χ0) is 25.3. The van der Waals surface area contributed by atoms with Gasteiger partial charge in [-0.05, 0) is 50.2 Å². The van der Waals surface area contributed by atoms with E-state index < -0.39 is 23.6 Å². The molecule has 0 bridgehead atoms. The molecule has 5 rings (SSSR count). The minimum Gasteiger partial charge on any atom is -0.490 e. The number of aromatic nitrogens is 3. The Labute approximate surface area is 204 Å². The van der Waals surface area contributed by atoms with Gasteiger partial charge in [-0.2, -0.15) is 13.2 Å². The average Bonchev–Trinajstić information content (AvgIpc) is 3.20. The number of hydrogen-bond donors (Lipinski definition) is 0. The summed E-state index contributed by atoms with van der Waals surface area (Å²) >= 11 is 0. The molecule has 0 amide bonds. The third kappa shape index (κ3) is 5.39. The first-order valence-corrected chi connectivity index (χ1v) is 11.2. The first kappa shape index (κ1) is 24.0. The molecule has 0 radical (unpaired) electrons. The molecule has 36 heavy (non-hydrogen) atoms. The van der Waals surface area contributed by atoms with Gasteiger partial charge in [0.15, 0.2) is 5.79 Å². The maximum Gasteiger partial charge on any atom is 0.416 e. The summed E-state index contributed by atoms with van der Waals surface area (Å²) in [5.41, 5.74) is 0.614. The van der Waals surface area contributed by atoms with E-state index in [1.54, 1.807) is 32.2 Å². The van der Waals surface area contributed by atoms with Crippen molar-refractivity contribution in [2.75, 3.05) is 13.2 Å². The van der Waals surface area contributed by atoms with E-state index >= 15 is 0 Å². The highest BCUT2D eigenvalue weighted by Gasteiger charge is 2.34. The van der Waals surface area contributed by atoms with Crippen LogP contribution in [0.1, 0.15) is 19.4 Å². The first-order valence-electron chi connectivity index (χ1n) is 11.2. The third-order valence-corrected chi connectivity index (χ3v) is 5.52. The summed E-state index contributed by atoms with van der Waals surface area (Å²) in [4.78, 5) is 12.7. The zero-order valence-corrected chi connectivity index (χ0v) is 19.5. The fraction of sp³-hybridized carbons (Fsp3) is 0.269. The Morgan fingerprint density at radius 3 is 2.67 bits per heavy atom. The molecule has 186 valence electrons. The van der Waals surface area contributed by atoms with Gasteiger partial charge >= 0.3 is 6.18 Å². The van der Waals surface area contributed by atoms with E-state index in [1.165, 1.54) is 18.5 Å². The molecular weight excluding hydrogens is 475 g/mol.